The minimum Gasteiger partial charge on any atom is -0.493 e. The van der Waals surface area contributed by atoms with Crippen LogP contribution < -0.4 is 24.4 Å². The second kappa shape index (κ2) is 10.0. The molecule has 1 aliphatic rings. The first kappa shape index (κ1) is 24.0. The highest BCUT2D eigenvalue weighted by atomic mass is 79.9. The lowest BCUT2D eigenvalue weighted by Gasteiger charge is -2.26. The number of hydrogen-bond acceptors (Lipinski definition) is 8. The van der Waals surface area contributed by atoms with Crippen molar-refractivity contribution in [2.75, 3.05) is 20.3 Å². The number of furan rings is 1. The highest BCUT2D eigenvalue weighted by Gasteiger charge is 2.35. The van der Waals surface area contributed by atoms with E-state index in [-0.39, 0.29) is 17.7 Å². The van der Waals surface area contributed by atoms with Crippen LogP contribution in [0.25, 0.3) is 6.08 Å². The van der Waals surface area contributed by atoms with Crippen LogP contribution in [-0.2, 0) is 9.53 Å². The Kier molecular flexibility index (Phi) is 7.08. The van der Waals surface area contributed by atoms with Gasteiger partial charge in [0.1, 0.15) is 11.8 Å². The molecule has 2 aromatic heterocycles. The fraction of sp³-hybridized carbons (Fsp3) is 0.292. The first-order valence-electron chi connectivity index (χ1n) is 10.6. The molecular formula is C24H23BrN2O6S. The molecule has 34 heavy (non-hydrogen) atoms. The molecule has 1 aromatic carbocycles. The number of para-hydroxylation sites is 1. The van der Waals surface area contributed by atoms with Gasteiger partial charge in [-0.15, -0.1) is 0 Å². The molecule has 0 radical (unpaired) electrons. The van der Waals surface area contributed by atoms with Crippen molar-refractivity contribution >= 4 is 39.3 Å². The molecule has 178 valence electrons. The van der Waals surface area contributed by atoms with Crippen molar-refractivity contribution in [3.63, 3.8) is 0 Å². The second-order valence-corrected chi connectivity index (χ2v) is 9.05. The van der Waals surface area contributed by atoms with E-state index in [0.29, 0.717) is 49.1 Å². The zero-order valence-electron chi connectivity index (χ0n) is 19.1. The number of halogens is 1. The topological polar surface area (TPSA) is 92.3 Å². The van der Waals surface area contributed by atoms with E-state index >= 15 is 0 Å². The minimum atomic E-state index is -0.808. The summed E-state index contributed by atoms with van der Waals surface area (Å²) in [4.78, 5) is 31.8. The SMILES string of the molecule is CCOC(=O)C1=C(C)N=c2s/c(=C/c3ccc(Br)o3)c(=O)n2[C@@H]1c1cccc(OC)c1OCC. The number of esters is 1. The van der Waals surface area contributed by atoms with E-state index in [1.807, 2.05) is 13.0 Å². The van der Waals surface area contributed by atoms with Crippen molar-refractivity contribution in [3.05, 3.63) is 77.3 Å². The summed E-state index contributed by atoms with van der Waals surface area (Å²) < 4.78 is 24.8. The van der Waals surface area contributed by atoms with Crippen molar-refractivity contribution in [2.24, 2.45) is 4.99 Å². The average molecular weight is 547 g/mol. The summed E-state index contributed by atoms with van der Waals surface area (Å²) in [6.45, 7) is 5.89. The van der Waals surface area contributed by atoms with Gasteiger partial charge in [-0.3, -0.25) is 9.36 Å². The lowest BCUT2D eigenvalue weighted by atomic mass is 9.94. The van der Waals surface area contributed by atoms with Gasteiger partial charge in [-0.2, -0.15) is 0 Å². The number of thiazole rings is 1. The van der Waals surface area contributed by atoms with Crippen LogP contribution in [0.4, 0.5) is 0 Å². The number of benzene rings is 1. The Morgan fingerprint density at radius 2 is 2.06 bits per heavy atom. The number of rotatable bonds is 7. The predicted molar refractivity (Wildman–Crippen MR) is 131 cm³/mol. The van der Waals surface area contributed by atoms with Crippen molar-refractivity contribution < 1.29 is 23.4 Å². The zero-order valence-corrected chi connectivity index (χ0v) is 21.5. The molecule has 3 aromatic rings. The Bertz CT molecular complexity index is 1450. The minimum absolute atomic E-state index is 0.191. The molecule has 0 fully saturated rings. The number of aromatic nitrogens is 1. The Balaban J connectivity index is 2.02. The van der Waals surface area contributed by atoms with Gasteiger partial charge in [0.2, 0.25) is 0 Å². The van der Waals surface area contributed by atoms with Crippen LogP contribution in [0, 0.1) is 0 Å². The molecule has 0 unspecified atom stereocenters. The summed E-state index contributed by atoms with van der Waals surface area (Å²) in [5, 5.41) is 0. The Hall–Kier alpha value is -3.11. The molecule has 4 rings (SSSR count). The quantitative estimate of drug-likeness (QED) is 0.420. The third-order valence-corrected chi connectivity index (χ3v) is 6.61. The van der Waals surface area contributed by atoms with Gasteiger partial charge >= 0.3 is 5.97 Å². The van der Waals surface area contributed by atoms with E-state index in [0.717, 1.165) is 0 Å². The first-order chi connectivity index (χ1) is 16.4. The Morgan fingerprint density at radius 1 is 1.26 bits per heavy atom. The standard InChI is InChI=1S/C24H23BrN2O6S/c1-5-31-21-15(8-7-9-16(21)30-4)20-19(23(29)32-6-2)13(3)26-24-27(20)22(28)17(34-24)12-14-10-11-18(25)33-14/h7-12,20H,5-6H2,1-4H3/b17-12+/t20-/m1/s1. The number of carbonyl (C=O) groups excluding carboxylic acids is 1. The van der Waals surface area contributed by atoms with E-state index in [2.05, 4.69) is 20.9 Å². The van der Waals surface area contributed by atoms with E-state index in [1.165, 1.54) is 15.9 Å². The largest absolute Gasteiger partial charge is 0.493 e. The number of hydrogen-bond donors (Lipinski definition) is 0. The monoisotopic (exact) mass is 546 g/mol. The van der Waals surface area contributed by atoms with Gasteiger partial charge in [0.05, 0.1) is 36.1 Å². The van der Waals surface area contributed by atoms with Gasteiger partial charge in [-0.1, -0.05) is 23.5 Å². The van der Waals surface area contributed by atoms with E-state index in [1.54, 1.807) is 51.3 Å². The number of carbonyl (C=O) groups is 1. The van der Waals surface area contributed by atoms with Crippen molar-refractivity contribution in [1.82, 2.24) is 4.57 Å². The van der Waals surface area contributed by atoms with Gasteiger partial charge in [0.25, 0.3) is 5.56 Å². The molecule has 1 aliphatic heterocycles. The summed E-state index contributed by atoms with van der Waals surface area (Å²) in [6.07, 6.45) is 1.66. The van der Waals surface area contributed by atoms with Crippen LogP contribution in [0.5, 0.6) is 11.5 Å². The van der Waals surface area contributed by atoms with Gasteiger partial charge < -0.3 is 18.6 Å². The molecule has 0 bridgehead atoms. The molecule has 8 nitrogen and oxygen atoms in total. The molecule has 0 aliphatic carbocycles. The normalized spacial score (nSPS) is 15.7. The molecule has 1 atom stereocenters. The average Bonchev–Trinajstić information content (AvgIpc) is 3.35. The van der Waals surface area contributed by atoms with Gasteiger partial charge in [-0.05, 0) is 54.9 Å². The molecular weight excluding hydrogens is 524 g/mol. The van der Waals surface area contributed by atoms with Crippen LogP contribution in [0.3, 0.4) is 0 Å². The van der Waals surface area contributed by atoms with Crippen LogP contribution >= 0.6 is 27.3 Å². The van der Waals surface area contributed by atoms with Crippen molar-refractivity contribution in [1.29, 1.82) is 0 Å². The third-order valence-electron chi connectivity index (χ3n) is 5.20. The highest BCUT2D eigenvalue weighted by Crippen LogP contribution is 2.40. The maximum Gasteiger partial charge on any atom is 0.338 e. The van der Waals surface area contributed by atoms with E-state index in [9.17, 15) is 9.59 Å². The van der Waals surface area contributed by atoms with Gasteiger partial charge in [-0.25, -0.2) is 9.79 Å². The number of nitrogens with zero attached hydrogens (tertiary/aromatic N) is 2. The molecule has 3 heterocycles. The van der Waals surface area contributed by atoms with Gasteiger partial charge in [0.15, 0.2) is 21.0 Å². The fourth-order valence-electron chi connectivity index (χ4n) is 3.83. The molecule has 0 N–H and O–H groups in total. The molecule has 0 spiro atoms. The number of methoxy groups -OCH3 is 1. The van der Waals surface area contributed by atoms with Crippen molar-refractivity contribution in [2.45, 2.75) is 26.8 Å². The maximum absolute atomic E-state index is 13.6. The third kappa shape index (κ3) is 4.35. The zero-order chi connectivity index (χ0) is 24.4. The summed E-state index contributed by atoms with van der Waals surface area (Å²) in [5.41, 5.74) is 1.05. The maximum atomic E-state index is 13.6. The van der Waals surface area contributed by atoms with Crippen LogP contribution in [0.15, 0.2) is 60.5 Å². The summed E-state index contributed by atoms with van der Waals surface area (Å²) in [5.74, 6) is 0.938. The first-order valence-corrected chi connectivity index (χ1v) is 12.2. The predicted octanol–water partition coefficient (Wildman–Crippen LogP) is 3.56. The number of ether oxygens (including phenoxy) is 3. The number of fused-ring (bicyclic) bond motifs is 1. The Labute approximate surface area is 207 Å². The van der Waals surface area contributed by atoms with E-state index < -0.39 is 12.0 Å². The summed E-state index contributed by atoms with van der Waals surface area (Å²) in [6, 6.07) is 8.08. The summed E-state index contributed by atoms with van der Waals surface area (Å²) in [7, 11) is 1.54. The smallest absolute Gasteiger partial charge is 0.338 e. The second-order valence-electron chi connectivity index (χ2n) is 7.26. The molecule has 0 saturated carbocycles. The lowest BCUT2D eigenvalue weighted by molar-refractivity contribution is -0.139. The number of allylic oxidation sites excluding steroid dienone is 1. The lowest BCUT2D eigenvalue weighted by Crippen LogP contribution is -2.40. The fourth-order valence-corrected chi connectivity index (χ4v) is 5.17. The van der Waals surface area contributed by atoms with Crippen LogP contribution in [0.1, 0.15) is 38.1 Å². The summed E-state index contributed by atoms with van der Waals surface area (Å²) >= 11 is 4.49. The highest BCUT2D eigenvalue weighted by molar-refractivity contribution is 9.10. The molecule has 0 saturated heterocycles. The van der Waals surface area contributed by atoms with E-state index in [4.69, 9.17) is 18.6 Å². The molecule has 0 amide bonds. The van der Waals surface area contributed by atoms with Crippen LogP contribution in [0.2, 0.25) is 0 Å². The molecule has 10 heteroatoms. The Morgan fingerprint density at radius 3 is 2.71 bits per heavy atom. The van der Waals surface area contributed by atoms with Crippen LogP contribution in [-0.4, -0.2) is 30.9 Å². The van der Waals surface area contributed by atoms with Gasteiger partial charge in [0, 0.05) is 11.6 Å². The van der Waals surface area contributed by atoms with Crippen molar-refractivity contribution in [3.8, 4) is 11.5 Å².